The number of furan rings is 1. The molecule has 0 bridgehead atoms. The van der Waals surface area contributed by atoms with Gasteiger partial charge in [-0.05, 0) is 52.1 Å². The van der Waals surface area contributed by atoms with E-state index in [2.05, 4.69) is 127 Å². The molecule has 0 amide bonds. The molecule has 8 aromatic carbocycles. The summed E-state index contributed by atoms with van der Waals surface area (Å²) in [6.07, 6.45) is 0. The molecule has 0 aliphatic heterocycles. The quantitative estimate of drug-likeness (QED) is 0.171. The molecule has 0 N–H and O–H groups in total. The summed E-state index contributed by atoms with van der Waals surface area (Å²) in [5.41, 5.74) is 11.3. The van der Waals surface area contributed by atoms with Crippen LogP contribution in [0.1, 0.15) is 0 Å². The Balaban J connectivity index is 0.978. The second-order valence-corrected chi connectivity index (χ2v) is 15.1. The maximum Gasteiger partial charge on any atom is 0.164 e. The smallest absolute Gasteiger partial charge is 0.164 e. The molecule has 0 atom stereocenters. The highest BCUT2D eigenvalue weighted by Gasteiger charge is 2.18. The van der Waals surface area contributed by atoms with E-state index in [1.807, 2.05) is 72.0 Å². The normalized spacial score (nSPS) is 11.6. The highest BCUT2D eigenvalue weighted by molar-refractivity contribution is 7.25. The van der Waals surface area contributed by atoms with Crippen LogP contribution in [0.25, 0.3) is 110 Å². The average molecular weight is 734 g/mol. The molecule has 3 heterocycles. The molecule has 56 heavy (non-hydrogen) atoms. The molecule has 0 radical (unpaired) electrons. The van der Waals surface area contributed by atoms with E-state index in [0.717, 1.165) is 60.9 Å². The molecular weight excluding hydrogens is 703 g/mol. The summed E-state index contributed by atoms with van der Waals surface area (Å²) < 4.78 is 9.34. The van der Waals surface area contributed by atoms with Crippen LogP contribution in [-0.2, 0) is 0 Å². The lowest BCUT2D eigenvalue weighted by Crippen LogP contribution is -2.00. The second-order valence-electron chi connectivity index (χ2n) is 14.0. The van der Waals surface area contributed by atoms with E-state index < -0.39 is 0 Å². The van der Waals surface area contributed by atoms with Crippen LogP contribution in [0.3, 0.4) is 0 Å². The zero-order chi connectivity index (χ0) is 37.0. The number of benzene rings is 8. The van der Waals surface area contributed by atoms with Gasteiger partial charge in [0.2, 0.25) is 0 Å². The van der Waals surface area contributed by atoms with Gasteiger partial charge in [0.1, 0.15) is 11.2 Å². The molecular formula is C51H31N3OS. The molecule has 0 saturated heterocycles. The number of nitrogens with zero attached hydrogens (tertiary/aromatic N) is 3. The molecule has 4 nitrogen and oxygen atoms in total. The Morgan fingerprint density at radius 1 is 0.339 bits per heavy atom. The summed E-state index contributed by atoms with van der Waals surface area (Å²) in [6, 6.07) is 65.7. The Bertz CT molecular complexity index is 3180. The summed E-state index contributed by atoms with van der Waals surface area (Å²) in [6.45, 7) is 0. The number of rotatable bonds is 6. The molecule has 0 fully saturated rings. The Hall–Kier alpha value is -7.21. The predicted molar refractivity (Wildman–Crippen MR) is 233 cm³/mol. The lowest BCUT2D eigenvalue weighted by Gasteiger charge is -2.10. The summed E-state index contributed by atoms with van der Waals surface area (Å²) in [5.74, 6) is 1.90. The first kappa shape index (κ1) is 32.2. The van der Waals surface area contributed by atoms with E-state index in [9.17, 15) is 0 Å². The first-order chi connectivity index (χ1) is 27.7. The molecule has 262 valence electrons. The Kier molecular flexibility index (Phi) is 7.64. The van der Waals surface area contributed by atoms with Gasteiger partial charge in [-0.2, -0.15) is 0 Å². The van der Waals surface area contributed by atoms with Gasteiger partial charge in [0, 0.05) is 53.2 Å². The van der Waals surface area contributed by atoms with Gasteiger partial charge in [0.25, 0.3) is 0 Å². The largest absolute Gasteiger partial charge is 0.455 e. The first-order valence-electron chi connectivity index (χ1n) is 18.7. The SMILES string of the molecule is c1ccc(-c2nc(-c3ccccc3)nc(-c3cccc(-c4cccc5oc6c(-c7ccc(-c8ccc9c(c8)sc8ccccc89)cc7)cccc6c45)c3)n2)cc1. The fraction of sp³-hybridized carbons (Fsp3) is 0. The second kappa shape index (κ2) is 13.3. The third-order valence-electron chi connectivity index (χ3n) is 10.6. The van der Waals surface area contributed by atoms with Crippen molar-refractivity contribution in [3.05, 3.63) is 188 Å². The highest BCUT2D eigenvalue weighted by atomic mass is 32.1. The van der Waals surface area contributed by atoms with E-state index in [0.29, 0.717) is 17.5 Å². The predicted octanol–water partition coefficient (Wildman–Crippen LogP) is 14.1. The number of para-hydroxylation sites is 1. The number of hydrogen-bond acceptors (Lipinski definition) is 5. The molecule has 11 aromatic rings. The first-order valence-corrected chi connectivity index (χ1v) is 19.5. The fourth-order valence-corrected chi connectivity index (χ4v) is 8.97. The average Bonchev–Trinajstić information content (AvgIpc) is 3.85. The van der Waals surface area contributed by atoms with Gasteiger partial charge in [-0.3, -0.25) is 0 Å². The zero-order valence-corrected chi connectivity index (χ0v) is 30.9. The molecule has 0 aliphatic rings. The van der Waals surface area contributed by atoms with Gasteiger partial charge in [0.15, 0.2) is 17.5 Å². The number of fused-ring (bicyclic) bond motifs is 6. The molecule has 3 aromatic heterocycles. The van der Waals surface area contributed by atoms with Crippen LogP contribution in [0.4, 0.5) is 0 Å². The highest BCUT2D eigenvalue weighted by Crippen LogP contribution is 2.42. The van der Waals surface area contributed by atoms with E-state index in [-0.39, 0.29) is 0 Å². The minimum absolute atomic E-state index is 0.623. The molecule has 5 heteroatoms. The molecule has 0 unspecified atom stereocenters. The summed E-state index contributed by atoms with van der Waals surface area (Å²) in [4.78, 5) is 14.9. The summed E-state index contributed by atoms with van der Waals surface area (Å²) in [5, 5.41) is 4.80. The Morgan fingerprint density at radius 3 is 1.66 bits per heavy atom. The van der Waals surface area contributed by atoms with Gasteiger partial charge >= 0.3 is 0 Å². The van der Waals surface area contributed by atoms with Crippen LogP contribution in [0.15, 0.2) is 192 Å². The third-order valence-corrected chi connectivity index (χ3v) is 11.7. The molecule has 0 spiro atoms. The van der Waals surface area contributed by atoms with Crippen molar-refractivity contribution in [2.24, 2.45) is 0 Å². The zero-order valence-electron chi connectivity index (χ0n) is 30.1. The maximum atomic E-state index is 6.70. The van der Waals surface area contributed by atoms with Crippen molar-refractivity contribution in [3.63, 3.8) is 0 Å². The number of hydrogen-bond donors (Lipinski definition) is 0. The van der Waals surface area contributed by atoms with E-state index in [4.69, 9.17) is 19.4 Å². The minimum Gasteiger partial charge on any atom is -0.455 e. The van der Waals surface area contributed by atoms with E-state index >= 15 is 0 Å². The lowest BCUT2D eigenvalue weighted by molar-refractivity contribution is 0.670. The third kappa shape index (κ3) is 5.56. The van der Waals surface area contributed by atoms with Crippen LogP contribution >= 0.6 is 11.3 Å². The van der Waals surface area contributed by atoms with Crippen LogP contribution in [0, 0.1) is 0 Å². The van der Waals surface area contributed by atoms with E-state index in [1.54, 1.807) is 0 Å². The van der Waals surface area contributed by atoms with Gasteiger partial charge in [-0.25, -0.2) is 15.0 Å². The molecule has 0 saturated carbocycles. The maximum absolute atomic E-state index is 6.70. The summed E-state index contributed by atoms with van der Waals surface area (Å²) >= 11 is 1.85. The van der Waals surface area contributed by atoms with Gasteiger partial charge < -0.3 is 4.42 Å². The lowest BCUT2D eigenvalue weighted by atomic mass is 9.95. The topological polar surface area (TPSA) is 51.8 Å². The van der Waals surface area contributed by atoms with Crippen molar-refractivity contribution in [1.82, 2.24) is 15.0 Å². The minimum atomic E-state index is 0.623. The van der Waals surface area contributed by atoms with Crippen molar-refractivity contribution >= 4 is 53.4 Å². The molecule has 11 rings (SSSR count). The Morgan fingerprint density at radius 2 is 0.893 bits per heavy atom. The number of thiophene rings is 1. The van der Waals surface area contributed by atoms with Crippen molar-refractivity contribution in [3.8, 4) is 67.5 Å². The van der Waals surface area contributed by atoms with Crippen LogP contribution in [0.5, 0.6) is 0 Å². The fourth-order valence-electron chi connectivity index (χ4n) is 7.83. The van der Waals surface area contributed by atoms with Crippen LogP contribution in [-0.4, -0.2) is 15.0 Å². The van der Waals surface area contributed by atoms with Gasteiger partial charge in [0.05, 0.1) is 0 Å². The van der Waals surface area contributed by atoms with Gasteiger partial charge in [-0.1, -0.05) is 164 Å². The van der Waals surface area contributed by atoms with Gasteiger partial charge in [-0.15, -0.1) is 11.3 Å². The van der Waals surface area contributed by atoms with Crippen molar-refractivity contribution in [2.75, 3.05) is 0 Å². The van der Waals surface area contributed by atoms with Crippen LogP contribution < -0.4 is 0 Å². The van der Waals surface area contributed by atoms with Crippen molar-refractivity contribution in [1.29, 1.82) is 0 Å². The monoisotopic (exact) mass is 733 g/mol. The Labute approximate surface area is 327 Å². The van der Waals surface area contributed by atoms with Crippen LogP contribution in [0.2, 0.25) is 0 Å². The van der Waals surface area contributed by atoms with E-state index in [1.165, 1.54) is 31.3 Å². The standard InChI is InChI=1S/C51H31N3OS/c1-3-12-34(13-4-1)49-52-50(35-14-5-2-6-15-35)54-51(53-49)38-17-9-16-37(30-38)39-19-11-22-44-47(39)43-21-10-20-40(48(43)55-44)33-26-24-32(25-27-33)36-28-29-42-41-18-7-8-23-45(41)56-46(42)31-36/h1-31H. The van der Waals surface area contributed by atoms with Crippen molar-refractivity contribution < 1.29 is 4.42 Å². The summed E-state index contributed by atoms with van der Waals surface area (Å²) in [7, 11) is 0. The van der Waals surface area contributed by atoms with Crippen molar-refractivity contribution in [2.45, 2.75) is 0 Å². The number of aromatic nitrogens is 3. The molecule has 0 aliphatic carbocycles.